The van der Waals surface area contributed by atoms with Crippen LogP contribution in [0.3, 0.4) is 0 Å². The van der Waals surface area contributed by atoms with Crippen molar-refractivity contribution in [1.29, 1.82) is 0 Å². The van der Waals surface area contributed by atoms with Crippen LogP contribution in [0.15, 0.2) is 30.5 Å². The number of fused-ring (bicyclic) bond motifs is 1. The van der Waals surface area contributed by atoms with E-state index in [1.165, 1.54) is 12.4 Å². The first-order chi connectivity index (χ1) is 10.1. The number of hydrogen-bond donors (Lipinski definition) is 2. The van der Waals surface area contributed by atoms with Crippen LogP contribution >= 0.6 is 0 Å². The molecule has 1 aromatic heterocycles. The molecule has 2 aromatic rings. The van der Waals surface area contributed by atoms with Crippen LogP contribution in [-0.4, -0.2) is 22.9 Å². The van der Waals surface area contributed by atoms with Crippen LogP contribution in [0.4, 0.5) is 5.69 Å². The largest absolute Gasteiger partial charge is 0.356 e. The summed E-state index contributed by atoms with van der Waals surface area (Å²) in [4.78, 5) is 22.5. The lowest BCUT2D eigenvalue weighted by molar-refractivity contribution is -0.119. The van der Waals surface area contributed by atoms with Crippen LogP contribution in [0.1, 0.15) is 26.7 Å². The van der Waals surface area contributed by atoms with Crippen molar-refractivity contribution in [1.82, 2.24) is 9.88 Å². The van der Waals surface area contributed by atoms with Gasteiger partial charge in [-0.1, -0.05) is 0 Å². The van der Waals surface area contributed by atoms with E-state index in [4.69, 9.17) is 0 Å². The Morgan fingerprint density at radius 3 is 2.76 bits per heavy atom. The highest BCUT2D eigenvalue weighted by Gasteiger charge is 2.05. The van der Waals surface area contributed by atoms with Crippen molar-refractivity contribution in [2.24, 2.45) is 0 Å². The Morgan fingerprint density at radius 1 is 1.24 bits per heavy atom. The van der Waals surface area contributed by atoms with Crippen LogP contribution in [0.5, 0.6) is 0 Å². The van der Waals surface area contributed by atoms with Gasteiger partial charge in [0.15, 0.2) is 0 Å². The van der Waals surface area contributed by atoms with Gasteiger partial charge in [0.1, 0.15) is 0 Å². The predicted molar refractivity (Wildman–Crippen MR) is 84.2 cm³/mol. The maximum absolute atomic E-state index is 11.8. The van der Waals surface area contributed by atoms with Crippen molar-refractivity contribution in [2.75, 3.05) is 11.9 Å². The van der Waals surface area contributed by atoms with Crippen LogP contribution in [0.25, 0.3) is 10.9 Å². The Hall–Kier alpha value is -2.30. The van der Waals surface area contributed by atoms with E-state index in [1.54, 1.807) is 0 Å². The molecule has 0 bridgehead atoms. The number of aromatic nitrogens is 1. The highest BCUT2D eigenvalue weighted by molar-refractivity contribution is 5.93. The number of nitrogens with one attached hydrogen (secondary N) is 2. The molecule has 112 valence electrons. The molecule has 5 nitrogen and oxygen atoms in total. The first kappa shape index (κ1) is 15.1. The number of anilines is 1. The number of rotatable bonds is 6. The normalized spacial score (nSPS) is 10.6. The average Bonchev–Trinajstić information content (AvgIpc) is 2.85. The highest BCUT2D eigenvalue weighted by Crippen LogP contribution is 2.20. The molecule has 21 heavy (non-hydrogen) atoms. The summed E-state index contributed by atoms with van der Waals surface area (Å²) in [5.41, 5.74) is 1.97. The van der Waals surface area contributed by atoms with Gasteiger partial charge in [0, 0.05) is 49.2 Å². The average molecular weight is 287 g/mol. The molecule has 0 saturated heterocycles. The van der Waals surface area contributed by atoms with Crippen LogP contribution in [0.2, 0.25) is 0 Å². The standard InChI is InChI=1S/C16H21N3O2/c1-3-19-10-8-13-11-14(6-7-15(13)19)18-16(21)5-4-9-17-12(2)20/h6-8,10-11H,3-5,9H2,1-2H3,(H,17,20)(H,18,21). The summed E-state index contributed by atoms with van der Waals surface area (Å²) < 4.78 is 2.16. The van der Waals surface area contributed by atoms with Gasteiger partial charge in [0.2, 0.25) is 11.8 Å². The third kappa shape index (κ3) is 4.08. The zero-order chi connectivity index (χ0) is 15.2. The molecule has 0 aliphatic carbocycles. The first-order valence-corrected chi connectivity index (χ1v) is 7.23. The van der Waals surface area contributed by atoms with Crippen molar-refractivity contribution in [3.05, 3.63) is 30.5 Å². The number of amides is 2. The fourth-order valence-electron chi connectivity index (χ4n) is 2.29. The molecule has 0 aliphatic heterocycles. The van der Waals surface area contributed by atoms with Gasteiger partial charge in [-0.25, -0.2) is 0 Å². The number of aryl methyl sites for hydroxylation is 1. The second kappa shape index (κ2) is 6.92. The van der Waals surface area contributed by atoms with Gasteiger partial charge >= 0.3 is 0 Å². The van der Waals surface area contributed by atoms with E-state index >= 15 is 0 Å². The van der Waals surface area contributed by atoms with E-state index in [2.05, 4.69) is 22.1 Å². The molecule has 2 amide bonds. The number of benzene rings is 1. The molecular formula is C16H21N3O2. The number of nitrogens with zero attached hydrogens (tertiary/aromatic N) is 1. The van der Waals surface area contributed by atoms with E-state index in [0.29, 0.717) is 19.4 Å². The second-order valence-corrected chi connectivity index (χ2v) is 5.01. The number of carbonyl (C=O) groups is 2. The fourth-order valence-corrected chi connectivity index (χ4v) is 2.29. The maximum Gasteiger partial charge on any atom is 0.224 e. The molecule has 0 radical (unpaired) electrons. The van der Waals surface area contributed by atoms with Crippen molar-refractivity contribution >= 4 is 28.4 Å². The molecule has 1 aromatic carbocycles. The topological polar surface area (TPSA) is 63.1 Å². The van der Waals surface area contributed by atoms with Gasteiger partial charge < -0.3 is 15.2 Å². The molecule has 0 aliphatic rings. The zero-order valence-corrected chi connectivity index (χ0v) is 12.5. The molecule has 0 spiro atoms. The predicted octanol–water partition coefficient (Wildman–Crippen LogP) is 2.52. The van der Waals surface area contributed by atoms with Crippen LogP contribution in [0, 0.1) is 0 Å². The lowest BCUT2D eigenvalue weighted by Crippen LogP contribution is -2.22. The fraction of sp³-hybridized carbons (Fsp3) is 0.375. The van der Waals surface area contributed by atoms with E-state index in [1.807, 2.05) is 30.5 Å². The van der Waals surface area contributed by atoms with Gasteiger partial charge in [-0.15, -0.1) is 0 Å². The SMILES string of the molecule is CCn1ccc2cc(NC(=O)CCCNC(C)=O)ccc21. The number of hydrogen-bond acceptors (Lipinski definition) is 2. The van der Waals surface area contributed by atoms with Crippen molar-refractivity contribution < 1.29 is 9.59 Å². The second-order valence-electron chi connectivity index (χ2n) is 5.01. The minimum absolute atomic E-state index is 0.0328. The van der Waals surface area contributed by atoms with Crippen molar-refractivity contribution in [3.8, 4) is 0 Å². The van der Waals surface area contributed by atoms with E-state index in [0.717, 1.165) is 17.6 Å². The molecule has 0 atom stereocenters. The quantitative estimate of drug-likeness (QED) is 0.802. The van der Waals surface area contributed by atoms with Crippen LogP contribution in [-0.2, 0) is 16.1 Å². The molecule has 2 N–H and O–H groups in total. The third-order valence-electron chi connectivity index (χ3n) is 3.35. The zero-order valence-electron chi connectivity index (χ0n) is 12.5. The van der Waals surface area contributed by atoms with E-state index in [9.17, 15) is 9.59 Å². The van der Waals surface area contributed by atoms with Gasteiger partial charge in [-0.2, -0.15) is 0 Å². The summed E-state index contributed by atoms with van der Waals surface area (Å²) in [7, 11) is 0. The Morgan fingerprint density at radius 2 is 2.05 bits per heavy atom. The Kier molecular flexibility index (Phi) is 4.98. The Labute approximate surface area is 124 Å². The summed E-state index contributed by atoms with van der Waals surface area (Å²) in [5.74, 6) is -0.101. The lowest BCUT2D eigenvalue weighted by atomic mass is 10.2. The maximum atomic E-state index is 11.8. The van der Waals surface area contributed by atoms with E-state index in [-0.39, 0.29) is 11.8 Å². The molecular weight excluding hydrogens is 266 g/mol. The van der Waals surface area contributed by atoms with Gasteiger partial charge in [0.05, 0.1) is 0 Å². The smallest absolute Gasteiger partial charge is 0.224 e. The molecule has 0 unspecified atom stereocenters. The third-order valence-corrected chi connectivity index (χ3v) is 3.35. The minimum Gasteiger partial charge on any atom is -0.356 e. The lowest BCUT2D eigenvalue weighted by Gasteiger charge is -2.07. The Bertz CT molecular complexity index is 646. The highest BCUT2D eigenvalue weighted by atomic mass is 16.2. The summed E-state index contributed by atoms with van der Waals surface area (Å²) in [6.45, 7) is 5.03. The molecule has 0 fully saturated rings. The molecule has 0 saturated carbocycles. The minimum atomic E-state index is -0.0682. The summed E-state index contributed by atoms with van der Waals surface area (Å²) >= 11 is 0. The molecule has 2 rings (SSSR count). The molecule has 1 heterocycles. The summed E-state index contributed by atoms with van der Waals surface area (Å²) in [6.07, 6.45) is 3.08. The van der Waals surface area contributed by atoms with Gasteiger partial charge in [0.25, 0.3) is 0 Å². The summed E-state index contributed by atoms with van der Waals surface area (Å²) in [6, 6.07) is 7.96. The van der Waals surface area contributed by atoms with Crippen molar-refractivity contribution in [3.63, 3.8) is 0 Å². The van der Waals surface area contributed by atoms with Gasteiger partial charge in [-0.3, -0.25) is 9.59 Å². The van der Waals surface area contributed by atoms with E-state index < -0.39 is 0 Å². The van der Waals surface area contributed by atoms with Gasteiger partial charge in [-0.05, 0) is 37.6 Å². The van der Waals surface area contributed by atoms with Crippen molar-refractivity contribution in [2.45, 2.75) is 33.2 Å². The Balaban J connectivity index is 1.90. The molecule has 5 heteroatoms. The first-order valence-electron chi connectivity index (χ1n) is 7.23. The number of carbonyl (C=O) groups excluding carboxylic acids is 2. The summed E-state index contributed by atoms with van der Waals surface area (Å²) in [5, 5.41) is 6.68. The van der Waals surface area contributed by atoms with Crippen LogP contribution < -0.4 is 10.6 Å². The monoisotopic (exact) mass is 287 g/mol.